The Morgan fingerprint density at radius 1 is 1.18 bits per heavy atom. The Bertz CT molecular complexity index is 696. The Labute approximate surface area is 138 Å². The van der Waals surface area contributed by atoms with Crippen molar-refractivity contribution in [1.82, 2.24) is 5.32 Å². The zero-order valence-electron chi connectivity index (χ0n) is 12.4. The van der Waals surface area contributed by atoms with Crippen molar-refractivity contribution in [2.75, 3.05) is 21.3 Å². The lowest BCUT2D eigenvalue weighted by molar-refractivity contribution is 0.394. The first-order valence-electron chi connectivity index (χ1n) is 6.28. The van der Waals surface area contributed by atoms with Crippen LogP contribution in [0.2, 0.25) is 10.0 Å². The third-order valence-corrected chi connectivity index (χ3v) is 3.95. The summed E-state index contributed by atoms with van der Waals surface area (Å²) in [5, 5.41) is 11.6. The standard InChI is InChI=1S/C15H15Cl2N3O2/c1-7-5-8(20-15(19-2)14(7)18)11-12(16)9(21-3)6-10(22-4)13(11)17/h5-6,18H,1H2,2-4H3,(H,19,20). The van der Waals surface area contributed by atoms with Crippen molar-refractivity contribution in [2.24, 2.45) is 4.99 Å². The number of nitrogens with zero attached hydrogens (tertiary/aromatic N) is 1. The summed E-state index contributed by atoms with van der Waals surface area (Å²) in [5.41, 5.74) is 1.81. The average molecular weight is 340 g/mol. The maximum atomic E-state index is 7.92. The second-order valence-corrected chi connectivity index (χ2v) is 5.20. The number of amidine groups is 1. The molecule has 1 aromatic carbocycles. The van der Waals surface area contributed by atoms with Crippen molar-refractivity contribution in [2.45, 2.75) is 0 Å². The van der Waals surface area contributed by atoms with Gasteiger partial charge < -0.3 is 14.8 Å². The highest BCUT2D eigenvalue weighted by molar-refractivity contribution is 6.50. The summed E-state index contributed by atoms with van der Waals surface area (Å²) in [6.07, 6.45) is 1.68. The highest BCUT2D eigenvalue weighted by Crippen LogP contribution is 2.43. The van der Waals surface area contributed by atoms with Crippen molar-refractivity contribution in [3.63, 3.8) is 0 Å². The molecule has 0 atom stereocenters. The Morgan fingerprint density at radius 3 is 2.18 bits per heavy atom. The van der Waals surface area contributed by atoms with Crippen LogP contribution in [0.4, 0.5) is 0 Å². The van der Waals surface area contributed by atoms with Crippen LogP contribution in [0.1, 0.15) is 5.56 Å². The Hall–Kier alpha value is -1.98. The van der Waals surface area contributed by atoms with Crippen LogP contribution >= 0.6 is 23.2 Å². The number of aliphatic imine (C=N–C) groups is 1. The van der Waals surface area contributed by atoms with E-state index in [1.807, 2.05) is 0 Å². The number of ether oxygens (including phenoxy) is 2. The molecule has 0 amide bonds. The second kappa shape index (κ2) is 6.42. The molecule has 22 heavy (non-hydrogen) atoms. The summed E-state index contributed by atoms with van der Waals surface area (Å²) in [4.78, 5) is 4.03. The highest BCUT2D eigenvalue weighted by atomic mass is 35.5. The predicted octanol–water partition coefficient (Wildman–Crippen LogP) is 3.56. The van der Waals surface area contributed by atoms with E-state index in [9.17, 15) is 0 Å². The first kappa shape index (κ1) is 16.4. The van der Waals surface area contributed by atoms with Gasteiger partial charge in [-0.05, 0) is 11.6 Å². The molecule has 1 aliphatic heterocycles. The summed E-state index contributed by atoms with van der Waals surface area (Å²) in [6.45, 7) is 3.84. The summed E-state index contributed by atoms with van der Waals surface area (Å²) in [5.74, 6) is 1.25. The van der Waals surface area contributed by atoms with Crippen molar-refractivity contribution in [3.8, 4) is 11.5 Å². The van der Waals surface area contributed by atoms with Gasteiger partial charge in [-0.3, -0.25) is 10.4 Å². The smallest absolute Gasteiger partial charge is 0.151 e. The largest absolute Gasteiger partial charge is 0.495 e. The molecule has 0 saturated carbocycles. The summed E-state index contributed by atoms with van der Waals surface area (Å²) in [6, 6.07) is 1.61. The molecule has 0 saturated heterocycles. The summed E-state index contributed by atoms with van der Waals surface area (Å²) < 4.78 is 10.5. The van der Waals surface area contributed by atoms with Gasteiger partial charge >= 0.3 is 0 Å². The lowest BCUT2D eigenvalue weighted by Crippen LogP contribution is -2.34. The lowest BCUT2D eigenvalue weighted by atomic mass is 10.0. The van der Waals surface area contributed by atoms with Gasteiger partial charge in [0.1, 0.15) is 17.2 Å². The minimum Gasteiger partial charge on any atom is -0.495 e. The Morgan fingerprint density at radius 2 is 1.73 bits per heavy atom. The minimum atomic E-state index is 0.216. The number of nitrogens with one attached hydrogen (secondary N) is 2. The van der Waals surface area contributed by atoms with Crippen LogP contribution in [-0.2, 0) is 0 Å². The molecule has 0 aliphatic carbocycles. The molecule has 5 nitrogen and oxygen atoms in total. The van der Waals surface area contributed by atoms with E-state index in [4.69, 9.17) is 38.1 Å². The quantitative estimate of drug-likeness (QED) is 0.884. The summed E-state index contributed by atoms with van der Waals surface area (Å²) >= 11 is 12.8. The Kier molecular flexibility index (Phi) is 4.78. The molecule has 116 valence electrons. The van der Waals surface area contributed by atoms with E-state index >= 15 is 0 Å². The number of methoxy groups -OCH3 is 2. The van der Waals surface area contributed by atoms with Crippen LogP contribution in [0.25, 0.3) is 5.70 Å². The number of hydrogen-bond acceptors (Lipinski definition) is 4. The van der Waals surface area contributed by atoms with Gasteiger partial charge in [-0.2, -0.15) is 0 Å². The van der Waals surface area contributed by atoms with Gasteiger partial charge in [0.05, 0.1) is 30.0 Å². The maximum absolute atomic E-state index is 7.92. The molecule has 0 aromatic heterocycles. The topological polar surface area (TPSA) is 66.7 Å². The van der Waals surface area contributed by atoms with E-state index < -0.39 is 0 Å². The monoisotopic (exact) mass is 339 g/mol. The van der Waals surface area contributed by atoms with E-state index in [0.717, 1.165) is 0 Å². The molecule has 2 rings (SSSR count). The zero-order chi connectivity index (χ0) is 16.4. The van der Waals surface area contributed by atoms with E-state index in [1.165, 1.54) is 14.2 Å². The SMILES string of the molecule is C=C1C=C(c2c(Cl)c(OC)cc(OC)c2Cl)NC(=NC)C1=N. The molecule has 1 aliphatic rings. The number of rotatable bonds is 3. The minimum absolute atomic E-state index is 0.216. The van der Waals surface area contributed by atoms with Crippen molar-refractivity contribution >= 4 is 40.4 Å². The van der Waals surface area contributed by atoms with Gasteiger partial charge in [0.2, 0.25) is 0 Å². The molecular weight excluding hydrogens is 325 g/mol. The second-order valence-electron chi connectivity index (χ2n) is 4.44. The van der Waals surface area contributed by atoms with Crippen LogP contribution in [-0.4, -0.2) is 32.8 Å². The fourth-order valence-electron chi connectivity index (χ4n) is 2.05. The van der Waals surface area contributed by atoms with E-state index in [0.29, 0.717) is 44.2 Å². The van der Waals surface area contributed by atoms with Crippen LogP contribution in [0.15, 0.2) is 29.3 Å². The predicted molar refractivity (Wildman–Crippen MR) is 90.9 cm³/mol. The maximum Gasteiger partial charge on any atom is 0.151 e. The van der Waals surface area contributed by atoms with E-state index in [1.54, 1.807) is 19.2 Å². The number of halogens is 2. The molecule has 1 heterocycles. The van der Waals surface area contributed by atoms with Crippen LogP contribution in [0, 0.1) is 5.41 Å². The van der Waals surface area contributed by atoms with Gasteiger partial charge in [0, 0.05) is 18.7 Å². The van der Waals surface area contributed by atoms with Crippen molar-refractivity contribution in [1.29, 1.82) is 5.41 Å². The lowest BCUT2D eigenvalue weighted by Gasteiger charge is -2.23. The van der Waals surface area contributed by atoms with E-state index in [2.05, 4.69) is 16.9 Å². The fourth-order valence-corrected chi connectivity index (χ4v) is 2.75. The molecule has 0 radical (unpaired) electrons. The molecular formula is C15H15Cl2N3O2. The van der Waals surface area contributed by atoms with Crippen LogP contribution in [0.3, 0.4) is 0 Å². The third kappa shape index (κ3) is 2.69. The average Bonchev–Trinajstić information content (AvgIpc) is 2.51. The van der Waals surface area contributed by atoms with Gasteiger partial charge in [0.15, 0.2) is 5.84 Å². The molecule has 1 aromatic rings. The van der Waals surface area contributed by atoms with Crippen molar-refractivity contribution < 1.29 is 9.47 Å². The fraction of sp³-hybridized carbons (Fsp3) is 0.200. The van der Waals surface area contributed by atoms with Gasteiger partial charge in [-0.15, -0.1) is 0 Å². The number of allylic oxidation sites excluding steroid dienone is 1. The normalized spacial score (nSPS) is 16.4. The zero-order valence-corrected chi connectivity index (χ0v) is 13.9. The van der Waals surface area contributed by atoms with Crippen molar-refractivity contribution in [3.05, 3.63) is 39.9 Å². The number of hydrogen-bond donors (Lipinski definition) is 2. The molecule has 0 fully saturated rings. The first-order valence-corrected chi connectivity index (χ1v) is 7.04. The van der Waals surface area contributed by atoms with Gasteiger partial charge in [-0.25, -0.2) is 0 Å². The number of benzene rings is 1. The van der Waals surface area contributed by atoms with Crippen LogP contribution in [0.5, 0.6) is 11.5 Å². The molecule has 0 spiro atoms. The third-order valence-electron chi connectivity index (χ3n) is 3.20. The van der Waals surface area contributed by atoms with Gasteiger partial charge in [-0.1, -0.05) is 29.8 Å². The van der Waals surface area contributed by atoms with Gasteiger partial charge in [0.25, 0.3) is 0 Å². The molecule has 0 bridgehead atoms. The van der Waals surface area contributed by atoms with Crippen LogP contribution < -0.4 is 14.8 Å². The molecule has 2 N–H and O–H groups in total. The van der Waals surface area contributed by atoms with E-state index in [-0.39, 0.29) is 5.71 Å². The Balaban J connectivity index is 2.69. The molecule has 0 unspecified atom stereocenters. The summed E-state index contributed by atoms with van der Waals surface area (Å²) in [7, 11) is 4.60. The first-order chi connectivity index (χ1) is 10.4. The molecule has 7 heteroatoms. The highest BCUT2D eigenvalue weighted by Gasteiger charge is 2.25.